The predicted octanol–water partition coefficient (Wildman–Crippen LogP) is 4.34. The van der Waals surface area contributed by atoms with Crippen molar-refractivity contribution in [3.05, 3.63) is 54.1 Å². The van der Waals surface area contributed by atoms with Crippen molar-refractivity contribution in [2.45, 2.75) is 26.2 Å². The lowest BCUT2D eigenvalue weighted by atomic mass is 10.2. The van der Waals surface area contributed by atoms with E-state index in [9.17, 15) is 0 Å². The van der Waals surface area contributed by atoms with Gasteiger partial charge < -0.3 is 15.0 Å². The zero-order chi connectivity index (χ0) is 15.9. The highest BCUT2D eigenvalue weighted by atomic mass is 16.5. The summed E-state index contributed by atoms with van der Waals surface area (Å²) in [6, 6.07) is 17.0. The van der Waals surface area contributed by atoms with Gasteiger partial charge in [0.15, 0.2) is 0 Å². The van der Waals surface area contributed by atoms with Crippen LogP contribution in [0.4, 0.5) is 11.4 Å². The minimum atomic E-state index is 0.796. The summed E-state index contributed by atoms with van der Waals surface area (Å²) in [4.78, 5) is 2.46. The van der Waals surface area contributed by atoms with Gasteiger partial charge in [0.25, 0.3) is 0 Å². The van der Waals surface area contributed by atoms with E-state index in [4.69, 9.17) is 4.74 Å². The number of benzene rings is 2. The molecule has 1 aliphatic rings. The van der Waals surface area contributed by atoms with E-state index in [1.807, 2.05) is 6.07 Å². The number of nitrogens with one attached hydrogen (secondary N) is 1. The average Bonchev–Trinajstić information content (AvgIpc) is 2.99. The monoisotopic (exact) mass is 310 g/mol. The van der Waals surface area contributed by atoms with Crippen molar-refractivity contribution in [2.24, 2.45) is 0 Å². The van der Waals surface area contributed by atoms with Crippen LogP contribution in [-0.4, -0.2) is 26.2 Å². The van der Waals surface area contributed by atoms with Crippen LogP contribution >= 0.6 is 0 Å². The Hall–Kier alpha value is -2.16. The van der Waals surface area contributed by atoms with Gasteiger partial charge in [-0.3, -0.25) is 0 Å². The third-order valence-electron chi connectivity index (χ3n) is 4.29. The molecule has 1 heterocycles. The Morgan fingerprint density at radius 2 is 2.04 bits per heavy atom. The normalized spacial score (nSPS) is 13.0. The van der Waals surface area contributed by atoms with Gasteiger partial charge in [-0.25, -0.2) is 0 Å². The fourth-order valence-corrected chi connectivity index (χ4v) is 3.00. The fraction of sp³-hybridized carbons (Fsp3) is 0.400. The maximum Gasteiger partial charge on any atom is 0.121 e. The van der Waals surface area contributed by atoms with Gasteiger partial charge >= 0.3 is 0 Å². The molecule has 23 heavy (non-hydrogen) atoms. The summed E-state index contributed by atoms with van der Waals surface area (Å²) in [5, 5.41) is 3.51. The quantitative estimate of drug-likeness (QED) is 0.734. The standard InChI is InChI=1S/C20H26N2O/c1-2-3-15-23-19-9-6-8-18(16-19)21-12-14-22-13-11-17-7-4-5-10-20(17)22/h4-10,16,21H,2-3,11-15H2,1H3. The molecule has 0 atom stereocenters. The highest BCUT2D eigenvalue weighted by Crippen LogP contribution is 2.27. The number of hydrogen-bond donors (Lipinski definition) is 1. The van der Waals surface area contributed by atoms with Crippen molar-refractivity contribution in [1.29, 1.82) is 0 Å². The zero-order valence-electron chi connectivity index (χ0n) is 13.9. The molecular formula is C20H26N2O. The van der Waals surface area contributed by atoms with Crippen LogP contribution < -0.4 is 15.0 Å². The molecule has 1 aliphatic heterocycles. The van der Waals surface area contributed by atoms with Crippen molar-refractivity contribution in [2.75, 3.05) is 36.5 Å². The Morgan fingerprint density at radius 1 is 1.13 bits per heavy atom. The van der Waals surface area contributed by atoms with E-state index < -0.39 is 0 Å². The molecule has 0 fully saturated rings. The molecule has 3 heteroatoms. The number of anilines is 2. The number of fused-ring (bicyclic) bond motifs is 1. The second kappa shape index (κ2) is 7.91. The number of rotatable bonds is 8. The SMILES string of the molecule is CCCCOc1cccc(NCCN2CCc3ccccc32)c1. The number of hydrogen-bond acceptors (Lipinski definition) is 3. The lowest BCUT2D eigenvalue weighted by molar-refractivity contribution is 0.309. The van der Waals surface area contributed by atoms with Crippen molar-refractivity contribution in [3.63, 3.8) is 0 Å². The Labute approximate surface area is 139 Å². The molecule has 0 saturated carbocycles. The van der Waals surface area contributed by atoms with Crippen molar-refractivity contribution >= 4 is 11.4 Å². The van der Waals surface area contributed by atoms with E-state index >= 15 is 0 Å². The van der Waals surface area contributed by atoms with E-state index in [0.29, 0.717) is 0 Å². The zero-order valence-corrected chi connectivity index (χ0v) is 13.9. The Kier molecular flexibility index (Phi) is 5.41. The molecule has 1 N–H and O–H groups in total. The second-order valence-corrected chi connectivity index (χ2v) is 6.02. The van der Waals surface area contributed by atoms with Gasteiger partial charge in [0.1, 0.15) is 5.75 Å². The van der Waals surface area contributed by atoms with Crippen molar-refractivity contribution < 1.29 is 4.74 Å². The largest absolute Gasteiger partial charge is 0.494 e. The van der Waals surface area contributed by atoms with Crippen LogP contribution in [0.1, 0.15) is 25.3 Å². The molecule has 0 aliphatic carbocycles. The Bertz CT molecular complexity index is 627. The molecule has 3 nitrogen and oxygen atoms in total. The lowest BCUT2D eigenvalue weighted by Crippen LogP contribution is -2.27. The van der Waals surface area contributed by atoms with Gasteiger partial charge in [-0.2, -0.15) is 0 Å². The summed E-state index contributed by atoms with van der Waals surface area (Å²) < 4.78 is 5.76. The number of nitrogens with zero attached hydrogens (tertiary/aromatic N) is 1. The van der Waals surface area contributed by atoms with Crippen LogP contribution in [0.25, 0.3) is 0 Å². The third kappa shape index (κ3) is 4.19. The van der Waals surface area contributed by atoms with E-state index in [-0.39, 0.29) is 0 Å². The van der Waals surface area contributed by atoms with Gasteiger partial charge in [-0.05, 0) is 36.6 Å². The van der Waals surface area contributed by atoms with Crippen LogP contribution in [-0.2, 0) is 6.42 Å². The van der Waals surface area contributed by atoms with Crippen LogP contribution in [0.2, 0.25) is 0 Å². The Morgan fingerprint density at radius 3 is 2.96 bits per heavy atom. The first-order valence-electron chi connectivity index (χ1n) is 8.66. The van der Waals surface area contributed by atoms with Gasteiger partial charge in [0.05, 0.1) is 6.61 Å². The topological polar surface area (TPSA) is 24.5 Å². The van der Waals surface area contributed by atoms with E-state index in [2.05, 4.69) is 59.6 Å². The molecule has 122 valence electrons. The van der Waals surface area contributed by atoms with Crippen LogP contribution in [0.15, 0.2) is 48.5 Å². The van der Waals surface area contributed by atoms with Gasteiger partial charge in [0, 0.05) is 37.1 Å². The highest BCUT2D eigenvalue weighted by molar-refractivity contribution is 5.58. The van der Waals surface area contributed by atoms with Gasteiger partial charge in [0.2, 0.25) is 0 Å². The summed E-state index contributed by atoms with van der Waals surface area (Å²) in [6.45, 7) is 6.06. The summed E-state index contributed by atoms with van der Waals surface area (Å²) in [7, 11) is 0. The molecule has 0 spiro atoms. The molecule has 2 aromatic rings. The minimum Gasteiger partial charge on any atom is -0.494 e. The lowest BCUT2D eigenvalue weighted by Gasteiger charge is -2.20. The molecule has 3 rings (SSSR count). The molecule has 0 saturated heterocycles. The first-order valence-corrected chi connectivity index (χ1v) is 8.66. The summed E-state index contributed by atoms with van der Waals surface area (Å²) in [5.41, 5.74) is 4.00. The summed E-state index contributed by atoms with van der Waals surface area (Å²) in [5.74, 6) is 0.954. The van der Waals surface area contributed by atoms with E-state index in [1.165, 1.54) is 11.3 Å². The Balaban J connectivity index is 1.48. The maximum atomic E-state index is 5.76. The van der Waals surface area contributed by atoms with Crippen molar-refractivity contribution in [3.8, 4) is 5.75 Å². The maximum absolute atomic E-state index is 5.76. The molecule has 0 bridgehead atoms. The van der Waals surface area contributed by atoms with Crippen LogP contribution in [0.3, 0.4) is 0 Å². The molecule has 0 unspecified atom stereocenters. The fourth-order valence-electron chi connectivity index (χ4n) is 3.00. The summed E-state index contributed by atoms with van der Waals surface area (Å²) in [6.07, 6.45) is 3.43. The second-order valence-electron chi connectivity index (χ2n) is 6.02. The van der Waals surface area contributed by atoms with Crippen molar-refractivity contribution in [1.82, 2.24) is 0 Å². The number of para-hydroxylation sites is 1. The van der Waals surface area contributed by atoms with E-state index in [0.717, 1.165) is 56.9 Å². The highest BCUT2D eigenvalue weighted by Gasteiger charge is 2.17. The summed E-state index contributed by atoms with van der Waals surface area (Å²) >= 11 is 0. The minimum absolute atomic E-state index is 0.796. The van der Waals surface area contributed by atoms with E-state index in [1.54, 1.807) is 0 Å². The molecule has 2 aromatic carbocycles. The number of ether oxygens (including phenoxy) is 1. The molecule has 0 radical (unpaired) electrons. The first-order chi connectivity index (χ1) is 11.4. The first kappa shape index (κ1) is 15.7. The average molecular weight is 310 g/mol. The molecular weight excluding hydrogens is 284 g/mol. The van der Waals surface area contributed by atoms with Gasteiger partial charge in [-0.1, -0.05) is 37.6 Å². The predicted molar refractivity (Wildman–Crippen MR) is 97.7 cm³/mol. The van der Waals surface area contributed by atoms with Crippen LogP contribution in [0.5, 0.6) is 5.75 Å². The third-order valence-corrected chi connectivity index (χ3v) is 4.29. The van der Waals surface area contributed by atoms with Crippen LogP contribution in [0, 0.1) is 0 Å². The van der Waals surface area contributed by atoms with Gasteiger partial charge in [-0.15, -0.1) is 0 Å². The molecule has 0 amide bonds. The number of unbranched alkanes of at least 4 members (excludes halogenated alkanes) is 1. The smallest absolute Gasteiger partial charge is 0.121 e. The molecule has 0 aromatic heterocycles.